The first-order valence-corrected chi connectivity index (χ1v) is 13.2. The van der Waals surface area contributed by atoms with Crippen LogP contribution in [0.25, 0.3) is 0 Å². The first-order valence-electron chi connectivity index (χ1n) is 12.4. The Balaban J connectivity index is 0. The summed E-state index contributed by atoms with van der Waals surface area (Å²) in [6.07, 6.45) is 22.6. The van der Waals surface area contributed by atoms with Crippen LogP contribution in [0.5, 0.6) is 0 Å². The maximum atomic E-state index is 11.4. The quantitative estimate of drug-likeness (QED) is 0.0768. The van der Waals surface area contributed by atoms with Crippen molar-refractivity contribution in [1.82, 2.24) is 0 Å². The van der Waals surface area contributed by atoms with Gasteiger partial charge in [-0.25, -0.2) is 0 Å². The molecule has 0 aliphatic rings. The summed E-state index contributed by atoms with van der Waals surface area (Å²) >= 11 is 0.873. The standard InChI is InChI=1S/C22H40O3.C3H7O.Al.2H/c1-3-5-6-7-8-9-10-11-12-13-14-15-16-17-18-20-22(24)25-21(23)19-4-2;1-3(2)4;;;/h11-12H,3-10,13-20H2,1-2H3;3H,1-2H3;;;/q;-1;+1;;/b12-11-;;;;. The van der Waals surface area contributed by atoms with Gasteiger partial charge in [0.25, 0.3) is 0 Å². The molecule has 0 rings (SSSR count). The molecule has 0 saturated heterocycles. The van der Waals surface area contributed by atoms with Crippen molar-refractivity contribution in [2.75, 3.05) is 0 Å². The Morgan fingerprint density at radius 2 is 1.13 bits per heavy atom. The summed E-state index contributed by atoms with van der Waals surface area (Å²) in [4.78, 5) is 22.6. The molecule has 0 amide bonds. The molecule has 0 aromatic carbocycles. The molecule has 0 bridgehead atoms. The van der Waals surface area contributed by atoms with Crippen LogP contribution in [0.1, 0.15) is 130 Å². The second-order valence-corrected chi connectivity index (χ2v) is 8.69. The molecule has 4 nitrogen and oxygen atoms in total. The average molecular weight is 441 g/mol. The van der Waals surface area contributed by atoms with E-state index in [0.29, 0.717) is 18.9 Å². The minimum Gasteiger partial charge on any atom is -0.504 e. The molecule has 0 aromatic heterocycles. The number of unbranched alkanes of at least 4 members (excludes halogenated alkanes) is 11. The average Bonchev–Trinajstić information content (AvgIpc) is 2.71. The monoisotopic (exact) mass is 440 g/mol. The number of hydrogen-bond donors (Lipinski definition) is 0. The fourth-order valence-corrected chi connectivity index (χ4v) is 2.77. The number of carbonyl (C=O) groups is 2. The van der Waals surface area contributed by atoms with E-state index in [2.05, 4.69) is 19.1 Å². The molecule has 0 heterocycles. The predicted octanol–water partition coefficient (Wildman–Crippen LogP) is 6.85. The normalized spacial score (nSPS) is 10.8. The summed E-state index contributed by atoms with van der Waals surface area (Å²) in [6, 6.07) is 0. The number of ether oxygens (including phenoxy) is 1. The lowest BCUT2D eigenvalue weighted by Crippen LogP contribution is -2.11. The van der Waals surface area contributed by atoms with Gasteiger partial charge in [-0.3, -0.25) is 9.59 Å². The van der Waals surface area contributed by atoms with Crippen LogP contribution in [0, 0.1) is 0 Å². The molecule has 0 fully saturated rings. The lowest BCUT2D eigenvalue weighted by Gasteiger charge is -2.02. The van der Waals surface area contributed by atoms with Crippen molar-refractivity contribution in [2.45, 2.75) is 137 Å². The van der Waals surface area contributed by atoms with Crippen LogP contribution in [0.2, 0.25) is 0 Å². The van der Waals surface area contributed by atoms with Crippen molar-refractivity contribution in [3.8, 4) is 0 Å². The lowest BCUT2D eigenvalue weighted by molar-refractivity contribution is -0.159. The van der Waals surface area contributed by atoms with Crippen molar-refractivity contribution in [2.24, 2.45) is 0 Å². The fraction of sp³-hybridized carbons (Fsp3) is 0.840. The van der Waals surface area contributed by atoms with Crippen molar-refractivity contribution in [3.63, 3.8) is 0 Å². The molecule has 5 heteroatoms. The van der Waals surface area contributed by atoms with Gasteiger partial charge in [-0.15, -0.1) is 0 Å². The van der Waals surface area contributed by atoms with Gasteiger partial charge in [0.05, 0.1) is 0 Å². The topological polar surface area (TPSA) is 52.6 Å². The third-order valence-electron chi connectivity index (χ3n) is 4.80. The number of rotatable bonds is 18. The van der Waals surface area contributed by atoms with E-state index in [4.69, 9.17) is 8.53 Å². The number of hydrogen-bond acceptors (Lipinski definition) is 4. The largest absolute Gasteiger partial charge is 0.504 e. The van der Waals surface area contributed by atoms with Gasteiger partial charge >= 0.3 is 28.6 Å². The van der Waals surface area contributed by atoms with Crippen LogP contribution >= 0.6 is 0 Å². The van der Waals surface area contributed by atoms with Crippen molar-refractivity contribution < 1.29 is 18.1 Å². The first kappa shape index (κ1) is 31.6. The Labute approximate surface area is 195 Å². The molecule has 0 aliphatic heterocycles. The van der Waals surface area contributed by atoms with Gasteiger partial charge in [0.1, 0.15) is 0 Å². The predicted molar refractivity (Wildman–Crippen MR) is 130 cm³/mol. The Morgan fingerprint density at radius 1 is 0.700 bits per heavy atom. The molecule has 0 radical (unpaired) electrons. The molecule has 0 aromatic rings. The molecule has 0 saturated carbocycles. The highest BCUT2D eigenvalue weighted by Crippen LogP contribution is 2.10. The highest BCUT2D eigenvalue weighted by Gasteiger charge is 2.08. The Hall–Kier alpha value is -0.628. The van der Waals surface area contributed by atoms with Gasteiger partial charge in [0.15, 0.2) is 0 Å². The SMILES string of the molecule is CC(C)[O][AlH2].CCCCCCCC/C=C\CCCCCCCC(=O)OC(=O)CCC. The van der Waals surface area contributed by atoms with Gasteiger partial charge in [0, 0.05) is 18.9 Å². The zero-order chi connectivity index (χ0) is 22.9. The summed E-state index contributed by atoms with van der Waals surface area (Å²) in [7, 11) is 0. The highest BCUT2D eigenvalue weighted by molar-refractivity contribution is 5.98. The van der Waals surface area contributed by atoms with Gasteiger partial charge in [-0.2, -0.15) is 0 Å². The van der Waals surface area contributed by atoms with Gasteiger partial charge in [-0.1, -0.05) is 77.4 Å². The molecule has 176 valence electrons. The summed E-state index contributed by atoms with van der Waals surface area (Å²) < 4.78 is 9.61. The van der Waals surface area contributed by atoms with E-state index in [-0.39, 0.29) is 11.9 Å². The van der Waals surface area contributed by atoms with Crippen LogP contribution in [0.15, 0.2) is 12.2 Å². The van der Waals surface area contributed by atoms with Crippen LogP contribution in [-0.2, 0) is 18.1 Å². The zero-order valence-electron chi connectivity index (χ0n) is 20.7. The van der Waals surface area contributed by atoms with E-state index in [0.717, 1.165) is 42.3 Å². The fourth-order valence-electron chi connectivity index (χ4n) is 2.77. The van der Waals surface area contributed by atoms with Crippen molar-refractivity contribution in [1.29, 1.82) is 0 Å². The number of esters is 2. The zero-order valence-corrected chi connectivity index (χ0v) is 22.7. The van der Waals surface area contributed by atoms with Crippen molar-refractivity contribution in [3.05, 3.63) is 12.2 Å². The van der Waals surface area contributed by atoms with E-state index < -0.39 is 0 Å². The smallest absolute Gasteiger partial charge is 0.410 e. The van der Waals surface area contributed by atoms with E-state index in [1.807, 2.05) is 20.8 Å². The second-order valence-electron chi connectivity index (χ2n) is 8.21. The van der Waals surface area contributed by atoms with Crippen LogP contribution in [0.4, 0.5) is 0 Å². The minimum atomic E-state index is -0.389. The Bertz CT molecular complexity index is 408. The van der Waals surface area contributed by atoms with Gasteiger partial charge in [0.2, 0.25) is 0 Å². The van der Waals surface area contributed by atoms with Gasteiger partial charge in [-0.05, 0) is 52.4 Å². The summed E-state index contributed by atoms with van der Waals surface area (Å²) in [5.74, 6) is -0.753. The van der Waals surface area contributed by atoms with E-state index in [1.165, 1.54) is 64.2 Å². The van der Waals surface area contributed by atoms with E-state index in [1.54, 1.807) is 0 Å². The summed E-state index contributed by atoms with van der Waals surface area (Å²) in [6.45, 7) is 8.23. The molecule has 0 aliphatic carbocycles. The maximum Gasteiger partial charge on any atom is 0.410 e. The van der Waals surface area contributed by atoms with Crippen molar-refractivity contribution >= 4 is 28.6 Å². The molecular weight excluding hydrogens is 391 g/mol. The second kappa shape index (κ2) is 26.4. The van der Waals surface area contributed by atoms with Crippen LogP contribution in [0.3, 0.4) is 0 Å². The Morgan fingerprint density at radius 3 is 1.60 bits per heavy atom. The van der Waals surface area contributed by atoms with E-state index >= 15 is 0 Å². The molecule has 0 spiro atoms. The molecular formula is C25H49AlO4. The third-order valence-corrected chi connectivity index (χ3v) is 5.74. The molecule has 0 N–H and O–H groups in total. The van der Waals surface area contributed by atoms with Crippen LogP contribution < -0.4 is 0 Å². The lowest BCUT2D eigenvalue weighted by atomic mass is 10.1. The van der Waals surface area contributed by atoms with Gasteiger partial charge < -0.3 is 8.53 Å². The summed E-state index contributed by atoms with van der Waals surface area (Å²) in [5.41, 5.74) is 0. The first-order chi connectivity index (χ1) is 14.5. The summed E-state index contributed by atoms with van der Waals surface area (Å²) in [5, 5.41) is 0. The minimum absolute atomic E-state index is 0.331. The number of allylic oxidation sites excluding steroid dienone is 2. The Kier molecular flexibility index (Phi) is 27.8. The molecule has 0 unspecified atom stereocenters. The maximum absolute atomic E-state index is 11.4. The molecule has 30 heavy (non-hydrogen) atoms. The van der Waals surface area contributed by atoms with E-state index in [9.17, 15) is 9.59 Å². The highest BCUT2D eigenvalue weighted by atomic mass is 27.1. The molecule has 0 atom stereocenters. The third kappa shape index (κ3) is 29.6. The number of carbonyl (C=O) groups excluding carboxylic acids is 2. The van der Waals surface area contributed by atoms with Crippen LogP contribution in [-0.4, -0.2) is 34.7 Å².